The molecule has 4 nitrogen and oxygen atoms in total. The number of fused-ring (bicyclic) bond motifs is 1. The number of nitrogens with zero attached hydrogens (tertiary/aromatic N) is 1. The highest BCUT2D eigenvalue weighted by Gasteiger charge is 2.46. The minimum absolute atomic E-state index is 0.00298. The Morgan fingerprint density at radius 1 is 1.02 bits per heavy atom. The van der Waals surface area contributed by atoms with E-state index in [0.29, 0.717) is 18.7 Å². The first-order chi connectivity index (χ1) is 19.2. The Kier molecular flexibility index (Phi) is 6.74. The van der Waals surface area contributed by atoms with Crippen molar-refractivity contribution in [2.75, 3.05) is 0 Å². The molecule has 3 unspecified atom stereocenters. The van der Waals surface area contributed by atoms with Crippen LogP contribution in [0.3, 0.4) is 0 Å². The fraction of sp³-hybridized carbons (Fsp3) is 0.333. The van der Waals surface area contributed by atoms with Crippen LogP contribution in [-0.4, -0.2) is 10.9 Å². The van der Waals surface area contributed by atoms with Gasteiger partial charge in [-0.25, -0.2) is 4.98 Å². The quantitative estimate of drug-likeness (QED) is 0.336. The molecule has 1 aliphatic heterocycles. The number of pyridine rings is 1. The fourth-order valence-electron chi connectivity index (χ4n) is 6.72. The molecular weight excluding hydrogens is 492 g/mol. The van der Waals surface area contributed by atoms with Crippen LogP contribution in [-0.2, 0) is 23.2 Å². The van der Waals surface area contributed by atoms with E-state index < -0.39 is 5.54 Å². The molecule has 4 heteroatoms. The summed E-state index contributed by atoms with van der Waals surface area (Å²) in [6, 6.07) is 22.8. The largest absolute Gasteiger partial charge is 0.469 e. The predicted octanol–water partition coefficient (Wildman–Crippen LogP) is 7.50. The average Bonchev–Trinajstić information content (AvgIpc) is 3.47. The summed E-state index contributed by atoms with van der Waals surface area (Å²) in [5.74, 6) is 0.302. The first-order valence-corrected chi connectivity index (χ1v) is 14.4. The summed E-state index contributed by atoms with van der Waals surface area (Å²) in [5.41, 5.74) is 7.10. The van der Waals surface area contributed by atoms with Crippen molar-refractivity contribution in [3.8, 4) is 5.88 Å². The van der Waals surface area contributed by atoms with Crippen LogP contribution in [0.5, 0.6) is 5.88 Å². The zero-order valence-electron chi connectivity index (χ0n) is 23.7. The number of allylic oxidation sites excluding steroid dienone is 2. The maximum Gasteiger partial charge on any atom is 0.228 e. The van der Waals surface area contributed by atoms with Crippen molar-refractivity contribution in [3.05, 3.63) is 131 Å². The van der Waals surface area contributed by atoms with Gasteiger partial charge in [0.25, 0.3) is 0 Å². The minimum Gasteiger partial charge on any atom is -0.469 e. The zero-order valence-corrected chi connectivity index (χ0v) is 23.7. The number of piperidine rings is 1. The number of carbonyl (C=O) groups excluding carboxylic acids is 1. The number of aromatic nitrogens is 1. The Balaban J connectivity index is 1.32. The lowest BCUT2D eigenvalue weighted by Gasteiger charge is -2.42. The number of aryl methyl sites for hydroxylation is 1. The van der Waals surface area contributed by atoms with Crippen LogP contribution in [0.4, 0.5) is 0 Å². The minimum atomic E-state index is -0.771. The Hall–Kier alpha value is -3.92. The van der Waals surface area contributed by atoms with Crippen molar-refractivity contribution in [3.63, 3.8) is 0 Å². The number of benzene rings is 2. The molecule has 40 heavy (non-hydrogen) atoms. The molecule has 204 valence electrons. The molecule has 3 aromatic rings. The van der Waals surface area contributed by atoms with Crippen LogP contribution in [0, 0.1) is 18.3 Å². The zero-order chi connectivity index (χ0) is 27.9. The van der Waals surface area contributed by atoms with Gasteiger partial charge in [0.2, 0.25) is 11.8 Å². The molecule has 1 amide bonds. The molecule has 2 aromatic carbocycles. The van der Waals surface area contributed by atoms with Gasteiger partial charge in [-0.2, -0.15) is 0 Å². The second-order valence-corrected chi connectivity index (χ2v) is 12.4. The van der Waals surface area contributed by atoms with Crippen molar-refractivity contribution in [2.45, 2.75) is 64.5 Å². The molecule has 3 atom stereocenters. The van der Waals surface area contributed by atoms with E-state index in [9.17, 15) is 4.79 Å². The molecule has 1 saturated heterocycles. The molecular formula is C36H38N2O2. The van der Waals surface area contributed by atoms with Crippen molar-refractivity contribution in [1.29, 1.82) is 0 Å². The normalized spacial score (nSPS) is 25.2. The summed E-state index contributed by atoms with van der Waals surface area (Å²) in [7, 11) is 0. The summed E-state index contributed by atoms with van der Waals surface area (Å²) in [6.07, 6.45) is 10.4. The van der Waals surface area contributed by atoms with Crippen molar-refractivity contribution in [2.24, 2.45) is 11.3 Å². The van der Waals surface area contributed by atoms with Gasteiger partial charge in [-0.1, -0.05) is 98.8 Å². The summed E-state index contributed by atoms with van der Waals surface area (Å²) in [5, 5.41) is 3.43. The van der Waals surface area contributed by atoms with E-state index in [2.05, 4.69) is 87.3 Å². The number of rotatable bonds is 6. The molecule has 0 radical (unpaired) electrons. The molecule has 2 heterocycles. The average molecular weight is 531 g/mol. The molecule has 1 N–H and O–H groups in total. The van der Waals surface area contributed by atoms with Crippen LogP contribution < -0.4 is 10.1 Å². The topological polar surface area (TPSA) is 51.2 Å². The van der Waals surface area contributed by atoms with Gasteiger partial charge in [-0.15, -0.1) is 0 Å². The molecule has 1 aromatic heterocycles. The number of hydrogen-bond donors (Lipinski definition) is 1. The molecule has 0 bridgehead atoms. The molecule has 6 rings (SSSR count). The summed E-state index contributed by atoms with van der Waals surface area (Å²) in [6.45, 7) is 11.1. The van der Waals surface area contributed by atoms with Crippen LogP contribution in [0.15, 0.2) is 103 Å². The van der Waals surface area contributed by atoms with E-state index in [-0.39, 0.29) is 23.3 Å². The van der Waals surface area contributed by atoms with Gasteiger partial charge in [-0.3, -0.25) is 4.79 Å². The molecule has 0 spiro atoms. The summed E-state index contributed by atoms with van der Waals surface area (Å²) in [4.78, 5) is 18.9. The maximum atomic E-state index is 13.8. The molecule has 3 aliphatic rings. The molecule has 1 fully saturated rings. The smallest absolute Gasteiger partial charge is 0.228 e. The number of carbonyl (C=O) groups is 1. The Labute approximate surface area is 237 Å². The van der Waals surface area contributed by atoms with E-state index in [0.717, 1.165) is 36.1 Å². The van der Waals surface area contributed by atoms with Crippen LogP contribution >= 0.6 is 0 Å². The molecule has 2 aliphatic carbocycles. The number of ether oxygens (including phenoxy) is 1. The lowest BCUT2D eigenvalue weighted by atomic mass is 9.72. The summed E-state index contributed by atoms with van der Waals surface area (Å²) >= 11 is 0. The third-order valence-electron chi connectivity index (χ3n) is 8.82. The van der Waals surface area contributed by atoms with E-state index in [1.165, 1.54) is 22.3 Å². The molecule has 0 saturated carbocycles. The van der Waals surface area contributed by atoms with Gasteiger partial charge in [0.05, 0.1) is 11.6 Å². The second-order valence-electron chi connectivity index (χ2n) is 12.4. The van der Waals surface area contributed by atoms with Gasteiger partial charge in [0, 0.05) is 12.5 Å². The standard InChI is InChI=1S/C36H38N2O2/c1-24-12-5-6-13-26(24)20-30-25(2)21-36(38-34(30)39,28-15-8-9-16-28)32-18-11-19-33(37-32)40-31-23-35(3,4)22-27-14-7-10-17-29(27)31/h5-8,10-19,30-31H,2,9,20-23H2,1,3-4H3,(H,38,39). The Morgan fingerprint density at radius 3 is 2.60 bits per heavy atom. The monoisotopic (exact) mass is 530 g/mol. The summed E-state index contributed by atoms with van der Waals surface area (Å²) < 4.78 is 6.64. The van der Waals surface area contributed by atoms with Gasteiger partial charge in [0.15, 0.2) is 0 Å². The van der Waals surface area contributed by atoms with Crippen molar-refractivity contribution < 1.29 is 9.53 Å². The highest BCUT2D eigenvalue weighted by molar-refractivity contribution is 5.85. The van der Waals surface area contributed by atoms with Crippen molar-refractivity contribution in [1.82, 2.24) is 10.3 Å². The van der Waals surface area contributed by atoms with Crippen LogP contribution in [0.25, 0.3) is 0 Å². The predicted molar refractivity (Wildman–Crippen MR) is 160 cm³/mol. The van der Waals surface area contributed by atoms with Crippen molar-refractivity contribution >= 4 is 5.91 Å². The lowest BCUT2D eigenvalue weighted by Crippen LogP contribution is -2.54. The first kappa shape index (κ1) is 26.3. The van der Waals surface area contributed by atoms with E-state index >= 15 is 0 Å². The second kappa shape index (κ2) is 10.2. The van der Waals surface area contributed by atoms with E-state index in [1.54, 1.807) is 0 Å². The third-order valence-corrected chi connectivity index (χ3v) is 8.82. The van der Waals surface area contributed by atoms with Crippen LogP contribution in [0.1, 0.15) is 67.2 Å². The van der Waals surface area contributed by atoms with Gasteiger partial charge < -0.3 is 10.1 Å². The third kappa shape index (κ3) is 4.92. The Bertz CT molecular complexity index is 1510. The number of nitrogens with one attached hydrogen (secondary N) is 1. The number of hydrogen-bond acceptors (Lipinski definition) is 3. The van der Waals surface area contributed by atoms with E-state index in [1.807, 2.05) is 30.3 Å². The highest BCUT2D eigenvalue weighted by atomic mass is 16.5. The van der Waals surface area contributed by atoms with E-state index in [4.69, 9.17) is 9.72 Å². The lowest BCUT2D eigenvalue weighted by molar-refractivity contribution is -0.127. The van der Waals surface area contributed by atoms with Crippen LogP contribution in [0.2, 0.25) is 0 Å². The first-order valence-electron chi connectivity index (χ1n) is 14.4. The van der Waals surface area contributed by atoms with Gasteiger partial charge in [0.1, 0.15) is 11.6 Å². The van der Waals surface area contributed by atoms with Gasteiger partial charge >= 0.3 is 0 Å². The highest BCUT2D eigenvalue weighted by Crippen LogP contribution is 2.45. The fourth-order valence-corrected chi connectivity index (χ4v) is 6.72. The maximum absolute atomic E-state index is 13.8. The Morgan fingerprint density at radius 2 is 1.82 bits per heavy atom. The number of amides is 1. The van der Waals surface area contributed by atoms with Gasteiger partial charge in [-0.05, 0) is 71.9 Å². The SMILES string of the molecule is C=C1CC(C2=CCC=C2)(c2cccc(OC3CC(C)(C)Cc4ccccc43)n2)NC(=O)C1Cc1ccccc1C.